The Morgan fingerprint density at radius 1 is 1.07 bits per heavy atom. The summed E-state index contributed by atoms with van der Waals surface area (Å²) in [7, 11) is 0. The zero-order chi connectivity index (χ0) is 21.2. The molecular formula is C21H16F4N2O2. The summed E-state index contributed by atoms with van der Waals surface area (Å²) < 4.78 is 53.2. The minimum atomic E-state index is -4.88. The molecule has 3 aromatic rings. The number of pyridine rings is 1. The van der Waals surface area contributed by atoms with Crippen molar-refractivity contribution < 1.29 is 22.4 Å². The van der Waals surface area contributed by atoms with Gasteiger partial charge in [-0.05, 0) is 42.3 Å². The van der Waals surface area contributed by atoms with Crippen molar-refractivity contribution in [1.82, 2.24) is 4.57 Å². The topological polar surface area (TPSA) is 51.1 Å². The number of halogens is 4. The minimum Gasteiger partial charge on any atom is -0.322 e. The van der Waals surface area contributed by atoms with Gasteiger partial charge in [-0.3, -0.25) is 9.59 Å². The summed E-state index contributed by atoms with van der Waals surface area (Å²) in [5.74, 6) is -2.15. The Hall–Kier alpha value is -3.42. The smallest absolute Gasteiger partial charge is 0.322 e. The second-order valence-corrected chi connectivity index (χ2v) is 6.46. The van der Waals surface area contributed by atoms with Gasteiger partial charge in [-0.15, -0.1) is 0 Å². The predicted octanol–water partition coefficient (Wildman–Crippen LogP) is 4.62. The SMILES string of the molecule is Cc1ccccc1Cn1cc(C(=O)Nc2ccc(F)c(C(F)(F)F)c2)ccc1=O. The molecule has 0 saturated heterocycles. The molecule has 0 bridgehead atoms. The fraction of sp³-hybridized carbons (Fsp3) is 0.143. The molecule has 1 aromatic heterocycles. The highest BCUT2D eigenvalue weighted by Gasteiger charge is 2.34. The molecule has 3 rings (SSSR count). The number of anilines is 1. The molecule has 2 aromatic carbocycles. The Morgan fingerprint density at radius 3 is 2.48 bits per heavy atom. The van der Waals surface area contributed by atoms with Crippen molar-refractivity contribution in [3.05, 3.63) is 99.2 Å². The highest BCUT2D eigenvalue weighted by atomic mass is 19.4. The number of aryl methyl sites for hydroxylation is 1. The van der Waals surface area contributed by atoms with Crippen LogP contribution in [0.2, 0.25) is 0 Å². The van der Waals surface area contributed by atoms with Gasteiger partial charge in [-0.1, -0.05) is 24.3 Å². The molecular weight excluding hydrogens is 388 g/mol. The lowest BCUT2D eigenvalue weighted by Crippen LogP contribution is -2.23. The third kappa shape index (κ3) is 4.71. The molecule has 4 nitrogen and oxygen atoms in total. The third-order valence-corrected chi connectivity index (χ3v) is 4.38. The van der Waals surface area contributed by atoms with Crippen LogP contribution in [0.25, 0.3) is 0 Å². The normalized spacial score (nSPS) is 11.3. The van der Waals surface area contributed by atoms with Crippen LogP contribution in [0.3, 0.4) is 0 Å². The van der Waals surface area contributed by atoms with Crippen molar-refractivity contribution >= 4 is 11.6 Å². The average molecular weight is 404 g/mol. The van der Waals surface area contributed by atoms with E-state index < -0.39 is 23.5 Å². The van der Waals surface area contributed by atoms with Gasteiger partial charge < -0.3 is 9.88 Å². The quantitative estimate of drug-likeness (QED) is 0.646. The Bertz CT molecular complexity index is 1120. The van der Waals surface area contributed by atoms with Crippen molar-refractivity contribution in [1.29, 1.82) is 0 Å². The van der Waals surface area contributed by atoms with Gasteiger partial charge in [0.05, 0.1) is 17.7 Å². The molecule has 1 heterocycles. The van der Waals surface area contributed by atoms with E-state index >= 15 is 0 Å². The van der Waals surface area contributed by atoms with Crippen molar-refractivity contribution in [3.63, 3.8) is 0 Å². The minimum absolute atomic E-state index is 0.0797. The van der Waals surface area contributed by atoms with Crippen LogP contribution in [0.1, 0.15) is 27.0 Å². The molecule has 150 valence electrons. The van der Waals surface area contributed by atoms with Crippen LogP contribution in [0.4, 0.5) is 23.2 Å². The molecule has 1 amide bonds. The number of carbonyl (C=O) groups is 1. The molecule has 8 heteroatoms. The molecule has 0 radical (unpaired) electrons. The largest absolute Gasteiger partial charge is 0.419 e. The zero-order valence-corrected chi connectivity index (χ0v) is 15.3. The third-order valence-electron chi connectivity index (χ3n) is 4.38. The molecule has 0 unspecified atom stereocenters. The van der Waals surface area contributed by atoms with E-state index in [9.17, 15) is 27.2 Å². The Kier molecular flexibility index (Phi) is 5.54. The monoisotopic (exact) mass is 404 g/mol. The van der Waals surface area contributed by atoms with Gasteiger partial charge in [0.2, 0.25) is 0 Å². The summed E-state index contributed by atoms with van der Waals surface area (Å²) in [5.41, 5.74) is -0.0667. The fourth-order valence-corrected chi connectivity index (χ4v) is 2.78. The second kappa shape index (κ2) is 7.90. The maximum Gasteiger partial charge on any atom is 0.419 e. The number of benzene rings is 2. The van der Waals surface area contributed by atoms with Gasteiger partial charge >= 0.3 is 6.18 Å². The lowest BCUT2D eigenvalue weighted by Gasteiger charge is -2.12. The number of hydrogen-bond acceptors (Lipinski definition) is 2. The number of nitrogens with zero attached hydrogens (tertiary/aromatic N) is 1. The van der Waals surface area contributed by atoms with Crippen LogP contribution in [0, 0.1) is 12.7 Å². The molecule has 0 saturated carbocycles. The number of rotatable bonds is 4. The van der Waals surface area contributed by atoms with Gasteiger partial charge in [0.15, 0.2) is 0 Å². The molecule has 0 aliphatic rings. The highest BCUT2D eigenvalue weighted by molar-refractivity contribution is 6.04. The first-order valence-corrected chi connectivity index (χ1v) is 8.58. The number of nitrogens with one attached hydrogen (secondary N) is 1. The number of carbonyl (C=O) groups excluding carboxylic acids is 1. The van der Waals surface area contributed by atoms with Crippen molar-refractivity contribution in [2.24, 2.45) is 0 Å². The van der Waals surface area contributed by atoms with Crippen molar-refractivity contribution in [3.8, 4) is 0 Å². The zero-order valence-electron chi connectivity index (χ0n) is 15.3. The lowest BCUT2D eigenvalue weighted by molar-refractivity contribution is -0.139. The fourth-order valence-electron chi connectivity index (χ4n) is 2.78. The maximum absolute atomic E-state index is 13.4. The number of hydrogen-bond donors (Lipinski definition) is 1. The average Bonchev–Trinajstić information content (AvgIpc) is 2.66. The number of aromatic nitrogens is 1. The van der Waals surface area contributed by atoms with Crippen LogP contribution in [0.5, 0.6) is 0 Å². The van der Waals surface area contributed by atoms with Gasteiger partial charge in [0.25, 0.3) is 11.5 Å². The van der Waals surface area contributed by atoms with Gasteiger partial charge in [0.1, 0.15) is 5.82 Å². The van der Waals surface area contributed by atoms with Crippen LogP contribution in [-0.4, -0.2) is 10.5 Å². The molecule has 0 spiro atoms. The van der Waals surface area contributed by atoms with E-state index in [2.05, 4.69) is 5.32 Å². The summed E-state index contributed by atoms with van der Waals surface area (Å²) in [6, 6.07) is 12.1. The summed E-state index contributed by atoms with van der Waals surface area (Å²) in [6.07, 6.45) is -3.55. The van der Waals surface area contributed by atoms with Crippen LogP contribution in [-0.2, 0) is 12.7 Å². The van der Waals surface area contributed by atoms with E-state index in [0.717, 1.165) is 17.2 Å². The van der Waals surface area contributed by atoms with E-state index in [0.29, 0.717) is 12.1 Å². The summed E-state index contributed by atoms with van der Waals surface area (Å²) in [4.78, 5) is 24.6. The van der Waals surface area contributed by atoms with Crippen LogP contribution in [0.15, 0.2) is 65.6 Å². The van der Waals surface area contributed by atoms with Gasteiger partial charge in [-0.2, -0.15) is 13.2 Å². The van der Waals surface area contributed by atoms with Crippen LogP contribution >= 0.6 is 0 Å². The van der Waals surface area contributed by atoms with E-state index in [4.69, 9.17) is 0 Å². The summed E-state index contributed by atoms with van der Waals surface area (Å²) in [5, 5.41) is 2.30. The number of alkyl halides is 3. The molecule has 1 N–H and O–H groups in total. The van der Waals surface area contributed by atoms with Gasteiger partial charge in [-0.25, -0.2) is 4.39 Å². The number of amides is 1. The first kappa shape index (κ1) is 20.3. The summed E-state index contributed by atoms with van der Waals surface area (Å²) >= 11 is 0. The highest BCUT2D eigenvalue weighted by Crippen LogP contribution is 2.33. The first-order valence-electron chi connectivity index (χ1n) is 8.58. The lowest BCUT2D eigenvalue weighted by atomic mass is 10.1. The van der Waals surface area contributed by atoms with Crippen LogP contribution < -0.4 is 10.9 Å². The first-order chi connectivity index (χ1) is 13.6. The van der Waals surface area contributed by atoms with Crippen molar-refractivity contribution in [2.45, 2.75) is 19.6 Å². The summed E-state index contributed by atoms with van der Waals surface area (Å²) in [6.45, 7) is 2.13. The molecule has 0 fully saturated rings. The van der Waals surface area contributed by atoms with Gasteiger partial charge in [0, 0.05) is 18.0 Å². The Morgan fingerprint density at radius 2 is 1.79 bits per heavy atom. The predicted molar refractivity (Wildman–Crippen MR) is 100 cm³/mol. The molecule has 0 atom stereocenters. The van der Waals surface area contributed by atoms with Crippen molar-refractivity contribution in [2.75, 3.05) is 5.32 Å². The van der Waals surface area contributed by atoms with E-state index in [-0.39, 0.29) is 23.4 Å². The standard InChI is InChI=1S/C21H16F4N2O2/c1-13-4-2-3-5-14(13)11-27-12-15(6-9-19(27)28)20(29)26-16-7-8-18(22)17(10-16)21(23,24)25/h2-10,12H,11H2,1H3,(H,26,29). The maximum atomic E-state index is 13.4. The molecule has 0 aliphatic carbocycles. The van der Waals surface area contributed by atoms with E-state index in [1.165, 1.54) is 22.9 Å². The van der Waals surface area contributed by atoms with E-state index in [1.807, 2.05) is 31.2 Å². The Balaban J connectivity index is 1.85. The second-order valence-electron chi connectivity index (χ2n) is 6.46. The molecule has 0 aliphatic heterocycles. The van der Waals surface area contributed by atoms with E-state index in [1.54, 1.807) is 0 Å². The Labute approximate surface area is 163 Å². The molecule has 29 heavy (non-hydrogen) atoms.